The molecular weight excluding hydrogens is 396 g/mol. The van der Waals surface area contributed by atoms with Crippen molar-refractivity contribution in [2.24, 2.45) is 0 Å². The van der Waals surface area contributed by atoms with E-state index in [1.54, 1.807) is 13.0 Å². The highest BCUT2D eigenvalue weighted by atomic mass is 32.2. The summed E-state index contributed by atoms with van der Waals surface area (Å²) in [6.45, 7) is 5.38. The maximum Gasteiger partial charge on any atom is 0.265 e. The van der Waals surface area contributed by atoms with Crippen molar-refractivity contribution in [2.45, 2.75) is 63.4 Å². The molecule has 1 aromatic heterocycles. The number of aromatic nitrogens is 2. The number of hydrogen-bond donors (Lipinski definition) is 1. The van der Waals surface area contributed by atoms with Crippen molar-refractivity contribution >= 4 is 21.6 Å². The molecule has 156 valence electrons. The molecule has 1 saturated carbocycles. The molecule has 29 heavy (non-hydrogen) atoms. The van der Waals surface area contributed by atoms with E-state index in [0.717, 1.165) is 12.8 Å². The number of anilines is 1. The Labute approximate surface area is 169 Å². The van der Waals surface area contributed by atoms with Crippen LogP contribution in [0, 0.1) is 6.92 Å². The van der Waals surface area contributed by atoms with Crippen molar-refractivity contribution in [1.82, 2.24) is 14.9 Å². The topological polar surface area (TPSA) is 115 Å². The van der Waals surface area contributed by atoms with Gasteiger partial charge in [-0.25, -0.2) is 13.1 Å². The minimum Gasteiger partial charge on any atom is -0.482 e. The summed E-state index contributed by atoms with van der Waals surface area (Å²) < 4.78 is 38.9. The monoisotopic (exact) mass is 420 g/mol. The quantitative estimate of drug-likeness (QED) is 0.730. The van der Waals surface area contributed by atoms with Gasteiger partial charge in [0.2, 0.25) is 15.9 Å². The van der Waals surface area contributed by atoms with Crippen LogP contribution in [0.25, 0.3) is 0 Å². The summed E-state index contributed by atoms with van der Waals surface area (Å²) in [5.41, 5.74) is 1.02. The predicted octanol–water partition coefficient (Wildman–Crippen LogP) is 2.26. The lowest BCUT2D eigenvalue weighted by molar-refractivity contribution is -0.121. The summed E-state index contributed by atoms with van der Waals surface area (Å²) >= 11 is 0. The molecule has 4 rings (SSSR count). The molecule has 10 heteroatoms. The molecular formula is C19H24N4O5S. The average molecular weight is 420 g/mol. The normalized spacial score (nSPS) is 17.8. The number of sulfonamides is 1. The van der Waals surface area contributed by atoms with Gasteiger partial charge in [-0.3, -0.25) is 9.69 Å². The van der Waals surface area contributed by atoms with Gasteiger partial charge < -0.3 is 9.26 Å². The van der Waals surface area contributed by atoms with Gasteiger partial charge in [0.05, 0.1) is 17.1 Å². The van der Waals surface area contributed by atoms with E-state index in [0.29, 0.717) is 41.1 Å². The number of amides is 1. The lowest BCUT2D eigenvalue weighted by Gasteiger charge is -2.29. The van der Waals surface area contributed by atoms with Gasteiger partial charge in [0.25, 0.3) is 5.91 Å². The van der Waals surface area contributed by atoms with Crippen LogP contribution in [-0.2, 0) is 21.4 Å². The fourth-order valence-electron chi connectivity index (χ4n) is 3.18. The Hall–Kier alpha value is -2.46. The fraction of sp³-hybridized carbons (Fsp3) is 0.526. The van der Waals surface area contributed by atoms with Gasteiger partial charge in [0, 0.05) is 18.0 Å². The van der Waals surface area contributed by atoms with Crippen molar-refractivity contribution < 1.29 is 22.5 Å². The molecule has 1 aromatic carbocycles. The van der Waals surface area contributed by atoms with Crippen molar-refractivity contribution in [3.05, 3.63) is 29.4 Å². The Morgan fingerprint density at radius 1 is 1.34 bits per heavy atom. The van der Waals surface area contributed by atoms with Gasteiger partial charge in [-0.05, 0) is 44.7 Å². The zero-order chi connectivity index (χ0) is 20.8. The summed E-state index contributed by atoms with van der Waals surface area (Å²) in [7, 11) is -3.70. The molecule has 1 atom stereocenters. The van der Waals surface area contributed by atoms with Gasteiger partial charge in [-0.2, -0.15) is 4.98 Å². The summed E-state index contributed by atoms with van der Waals surface area (Å²) in [5.74, 6) is 1.45. The maximum absolute atomic E-state index is 12.7. The third-order valence-corrected chi connectivity index (χ3v) is 6.90. The maximum atomic E-state index is 12.7. The van der Waals surface area contributed by atoms with Gasteiger partial charge in [0.1, 0.15) is 5.75 Å². The number of carbonyl (C=O) groups is 1. The molecule has 0 spiro atoms. The van der Waals surface area contributed by atoms with E-state index in [4.69, 9.17) is 9.26 Å². The van der Waals surface area contributed by atoms with Crippen molar-refractivity contribution in [1.29, 1.82) is 0 Å². The summed E-state index contributed by atoms with van der Waals surface area (Å²) in [6, 6.07) is 2.94. The van der Waals surface area contributed by atoms with Crippen molar-refractivity contribution in [3.8, 4) is 5.75 Å². The number of benzene rings is 1. The van der Waals surface area contributed by atoms with Crippen LogP contribution in [0.4, 0.5) is 5.69 Å². The molecule has 1 amide bonds. The second kappa shape index (κ2) is 7.42. The smallest absolute Gasteiger partial charge is 0.265 e. The largest absolute Gasteiger partial charge is 0.482 e. The molecule has 2 aliphatic rings. The standard InChI is InChI=1S/C19H24N4O5S/c1-4-12(3)22-29(25,26)16-8-15-14(7-11(16)2)23(18(24)10-27-15)9-17-20-19(28-21-17)13-5-6-13/h7-8,12-13,22H,4-6,9-10H2,1-3H3. The van der Waals surface area contributed by atoms with Crippen LogP contribution in [0.5, 0.6) is 5.75 Å². The number of nitrogens with zero attached hydrogens (tertiary/aromatic N) is 3. The number of rotatable bonds is 7. The first-order chi connectivity index (χ1) is 13.8. The zero-order valence-electron chi connectivity index (χ0n) is 16.6. The van der Waals surface area contributed by atoms with E-state index in [1.807, 2.05) is 13.8 Å². The summed E-state index contributed by atoms with van der Waals surface area (Å²) in [4.78, 5) is 18.5. The van der Waals surface area contributed by atoms with Crippen LogP contribution >= 0.6 is 0 Å². The highest BCUT2D eigenvalue weighted by molar-refractivity contribution is 7.89. The van der Waals surface area contributed by atoms with Gasteiger partial charge in [-0.1, -0.05) is 12.1 Å². The number of hydrogen-bond acceptors (Lipinski definition) is 7. The number of fused-ring (bicyclic) bond motifs is 1. The lowest BCUT2D eigenvalue weighted by atomic mass is 10.1. The van der Waals surface area contributed by atoms with E-state index >= 15 is 0 Å². The molecule has 1 N–H and O–H groups in total. The first-order valence-corrected chi connectivity index (χ1v) is 11.2. The van der Waals surface area contributed by atoms with Crippen LogP contribution in [0.1, 0.15) is 56.3 Å². The van der Waals surface area contributed by atoms with Crippen LogP contribution in [-0.4, -0.2) is 37.1 Å². The van der Waals surface area contributed by atoms with Crippen molar-refractivity contribution in [3.63, 3.8) is 0 Å². The Bertz CT molecular complexity index is 1040. The number of ether oxygens (including phenoxy) is 1. The molecule has 1 fully saturated rings. The fourth-order valence-corrected chi connectivity index (χ4v) is 4.74. The average Bonchev–Trinajstić information content (AvgIpc) is 3.42. The SMILES string of the molecule is CCC(C)NS(=O)(=O)c1cc2c(cc1C)N(Cc1noc(C3CC3)n1)C(=O)CO2. The number of nitrogens with one attached hydrogen (secondary N) is 1. The second-order valence-corrected chi connectivity index (χ2v) is 9.29. The molecule has 1 unspecified atom stereocenters. The van der Waals surface area contributed by atoms with Crippen LogP contribution in [0.15, 0.2) is 21.6 Å². The highest BCUT2D eigenvalue weighted by Crippen LogP contribution is 2.40. The van der Waals surface area contributed by atoms with E-state index in [-0.39, 0.29) is 30.0 Å². The zero-order valence-corrected chi connectivity index (χ0v) is 17.5. The Balaban J connectivity index is 1.64. The minimum absolute atomic E-state index is 0.140. The predicted molar refractivity (Wildman–Crippen MR) is 104 cm³/mol. The third kappa shape index (κ3) is 3.99. The minimum atomic E-state index is -3.70. The van der Waals surface area contributed by atoms with Gasteiger partial charge in [-0.15, -0.1) is 0 Å². The summed E-state index contributed by atoms with van der Waals surface area (Å²) in [6.07, 6.45) is 2.76. The van der Waals surface area contributed by atoms with E-state index in [1.165, 1.54) is 11.0 Å². The molecule has 0 saturated heterocycles. The first kappa shape index (κ1) is 19.8. The van der Waals surface area contributed by atoms with Crippen LogP contribution < -0.4 is 14.4 Å². The summed E-state index contributed by atoms with van der Waals surface area (Å²) in [5, 5.41) is 3.97. The Kier molecular flexibility index (Phi) is 5.07. The second-order valence-electron chi connectivity index (χ2n) is 7.61. The molecule has 1 aliphatic carbocycles. The molecule has 9 nitrogen and oxygen atoms in total. The highest BCUT2D eigenvalue weighted by Gasteiger charge is 2.32. The van der Waals surface area contributed by atoms with E-state index in [9.17, 15) is 13.2 Å². The molecule has 0 bridgehead atoms. The molecule has 0 radical (unpaired) electrons. The van der Waals surface area contributed by atoms with E-state index < -0.39 is 10.0 Å². The third-order valence-electron chi connectivity index (χ3n) is 5.17. The Morgan fingerprint density at radius 3 is 2.79 bits per heavy atom. The molecule has 2 aromatic rings. The van der Waals surface area contributed by atoms with E-state index in [2.05, 4.69) is 14.9 Å². The first-order valence-electron chi connectivity index (χ1n) is 9.71. The van der Waals surface area contributed by atoms with Gasteiger partial charge in [0.15, 0.2) is 12.4 Å². The number of carbonyl (C=O) groups excluding carboxylic acids is 1. The number of aryl methyl sites for hydroxylation is 1. The molecule has 1 aliphatic heterocycles. The van der Waals surface area contributed by atoms with Crippen molar-refractivity contribution in [2.75, 3.05) is 11.5 Å². The Morgan fingerprint density at radius 2 is 2.10 bits per heavy atom. The van der Waals surface area contributed by atoms with Crippen LogP contribution in [0.3, 0.4) is 0 Å². The lowest BCUT2D eigenvalue weighted by Crippen LogP contribution is -2.39. The molecule has 2 heterocycles. The van der Waals surface area contributed by atoms with Crippen LogP contribution in [0.2, 0.25) is 0 Å². The van der Waals surface area contributed by atoms with Gasteiger partial charge >= 0.3 is 0 Å².